The largest absolute Gasteiger partial charge is 0.399 e. The van der Waals surface area contributed by atoms with Gasteiger partial charge in [0.1, 0.15) is 5.82 Å². The Morgan fingerprint density at radius 2 is 1.83 bits per heavy atom. The molecule has 3 N–H and O–H groups in total. The van der Waals surface area contributed by atoms with Crippen LogP contribution in [-0.2, 0) is 0 Å². The standard InChI is InChI=1S/C13H18N4S/c1-8(2)12-16-13(18-17-12)15-9(3)10-4-6-11(14)7-5-10/h4-9H,14H2,1-3H3,(H,15,16,17). The average Bonchev–Trinajstić information content (AvgIpc) is 2.78. The number of nitrogens with two attached hydrogens (primary N) is 1. The van der Waals surface area contributed by atoms with Crippen molar-refractivity contribution in [3.8, 4) is 0 Å². The number of benzene rings is 1. The van der Waals surface area contributed by atoms with Crippen molar-refractivity contribution < 1.29 is 0 Å². The second-order valence-electron chi connectivity index (χ2n) is 4.65. The van der Waals surface area contributed by atoms with Crippen LogP contribution in [0.5, 0.6) is 0 Å². The zero-order valence-electron chi connectivity index (χ0n) is 10.8. The SMILES string of the molecule is CC(C)c1nsc(NC(C)c2ccc(N)cc2)n1. The molecular weight excluding hydrogens is 244 g/mol. The molecule has 1 unspecified atom stereocenters. The molecule has 0 radical (unpaired) electrons. The number of hydrogen-bond acceptors (Lipinski definition) is 5. The molecule has 0 fully saturated rings. The Labute approximate surface area is 111 Å². The summed E-state index contributed by atoms with van der Waals surface area (Å²) in [6, 6.07) is 8.06. The molecule has 18 heavy (non-hydrogen) atoms. The molecular formula is C13H18N4S. The lowest BCUT2D eigenvalue weighted by atomic mass is 10.1. The third-order valence-corrected chi connectivity index (χ3v) is 3.40. The van der Waals surface area contributed by atoms with Crippen molar-refractivity contribution >= 4 is 22.4 Å². The molecule has 1 atom stereocenters. The fourth-order valence-electron chi connectivity index (χ4n) is 1.58. The third kappa shape index (κ3) is 2.98. The van der Waals surface area contributed by atoms with Crippen molar-refractivity contribution in [1.82, 2.24) is 9.36 Å². The van der Waals surface area contributed by atoms with E-state index in [2.05, 4.69) is 35.4 Å². The maximum absolute atomic E-state index is 5.68. The lowest BCUT2D eigenvalue weighted by Crippen LogP contribution is -2.06. The van der Waals surface area contributed by atoms with E-state index in [-0.39, 0.29) is 6.04 Å². The van der Waals surface area contributed by atoms with Gasteiger partial charge in [0, 0.05) is 23.1 Å². The van der Waals surface area contributed by atoms with Gasteiger partial charge in [0.15, 0.2) is 0 Å². The summed E-state index contributed by atoms with van der Waals surface area (Å²) in [6.07, 6.45) is 0. The van der Waals surface area contributed by atoms with Crippen molar-refractivity contribution in [2.75, 3.05) is 11.1 Å². The van der Waals surface area contributed by atoms with Crippen LogP contribution in [0.2, 0.25) is 0 Å². The summed E-state index contributed by atoms with van der Waals surface area (Å²) < 4.78 is 4.32. The smallest absolute Gasteiger partial charge is 0.203 e. The maximum Gasteiger partial charge on any atom is 0.203 e. The molecule has 96 valence electrons. The number of nitrogen functional groups attached to an aromatic ring is 1. The molecule has 1 aromatic heterocycles. The van der Waals surface area contributed by atoms with E-state index in [4.69, 9.17) is 5.73 Å². The number of aromatic nitrogens is 2. The van der Waals surface area contributed by atoms with Gasteiger partial charge >= 0.3 is 0 Å². The second kappa shape index (κ2) is 5.35. The van der Waals surface area contributed by atoms with Crippen molar-refractivity contribution in [3.05, 3.63) is 35.7 Å². The summed E-state index contributed by atoms with van der Waals surface area (Å²) in [4.78, 5) is 4.46. The molecule has 0 bridgehead atoms. The minimum Gasteiger partial charge on any atom is -0.399 e. The highest BCUT2D eigenvalue weighted by atomic mass is 32.1. The lowest BCUT2D eigenvalue weighted by molar-refractivity contribution is 0.795. The number of nitrogens with zero attached hydrogens (tertiary/aromatic N) is 2. The van der Waals surface area contributed by atoms with Gasteiger partial charge in [-0.15, -0.1) is 0 Å². The predicted molar refractivity (Wildman–Crippen MR) is 76.9 cm³/mol. The molecule has 1 heterocycles. The minimum atomic E-state index is 0.193. The van der Waals surface area contributed by atoms with Crippen LogP contribution in [0.1, 0.15) is 44.1 Å². The summed E-state index contributed by atoms with van der Waals surface area (Å²) in [7, 11) is 0. The maximum atomic E-state index is 5.68. The Balaban J connectivity index is 2.06. The van der Waals surface area contributed by atoms with Gasteiger partial charge in [-0.3, -0.25) is 0 Å². The van der Waals surface area contributed by atoms with Crippen LogP contribution in [0.4, 0.5) is 10.8 Å². The van der Waals surface area contributed by atoms with Gasteiger partial charge in [-0.25, -0.2) is 4.98 Å². The summed E-state index contributed by atoms with van der Waals surface area (Å²) >= 11 is 1.41. The van der Waals surface area contributed by atoms with E-state index in [1.807, 2.05) is 24.3 Å². The van der Waals surface area contributed by atoms with Gasteiger partial charge in [0.25, 0.3) is 0 Å². The first kappa shape index (κ1) is 12.8. The molecule has 5 heteroatoms. The van der Waals surface area contributed by atoms with Gasteiger partial charge in [-0.05, 0) is 24.6 Å². The zero-order valence-corrected chi connectivity index (χ0v) is 11.7. The first-order chi connectivity index (χ1) is 8.56. The van der Waals surface area contributed by atoms with Gasteiger partial charge in [-0.2, -0.15) is 4.37 Å². The van der Waals surface area contributed by atoms with Crippen LogP contribution in [-0.4, -0.2) is 9.36 Å². The highest BCUT2D eigenvalue weighted by Crippen LogP contribution is 2.23. The predicted octanol–water partition coefficient (Wildman–Crippen LogP) is 3.42. The number of anilines is 2. The zero-order chi connectivity index (χ0) is 13.1. The molecule has 1 aromatic carbocycles. The first-order valence-electron chi connectivity index (χ1n) is 6.02. The Hall–Kier alpha value is -1.62. The van der Waals surface area contributed by atoms with Gasteiger partial charge < -0.3 is 11.1 Å². The Morgan fingerprint density at radius 1 is 1.17 bits per heavy atom. The van der Waals surface area contributed by atoms with Gasteiger partial charge in [-0.1, -0.05) is 26.0 Å². The van der Waals surface area contributed by atoms with Crippen LogP contribution in [0.15, 0.2) is 24.3 Å². The first-order valence-corrected chi connectivity index (χ1v) is 6.79. The summed E-state index contributed by atoms with van der Waals surface area (Å²) in [6.45, 7) is 6.28. The quantitative estimate of drug-likeness (QED) is 0.829. The average molecular weight is 262 g/mol. The fourth-order valence-corrected chi connectivity index (χ4v) is 2.38. The molecule has 0 amide bonds. The second-order valence-corrected chi connectivity index (χ2v) is 5.40. The third-order valence-electron chi connectivity index (χ3n) is 2.73. The van der Waals surface area contributed by atoms with Gasteiger partial charge in [0.2, 0.25) is 5.13 Å². The van der Waals surface area contributed by atoms with E-state index >= 15 is 0 Å². The van der Waals surface area contributed by atoms with Crippen LogP contribution in [0.3, 0.4) is 0 Å². The lowest BCUT2D eigenvalue weighted by Gasteiger charge is -2.12. The number of hydrogen-bond donors (Lipinski definition) is 2. The normalized spacial score (nSPS) is 12.7. The van der Waals surface area contributed by atoms with E-state index in [1.165, 1.54) is 17.1 Å². The number of nitrogens with one attached hydrogen (secondary N) is 1. The van der Waals surface area contributed by atoms with E-state index in [1.54, 1.807) is 0 Å². The molecule has 0 spiro atoms. The summed E-state index contributed by atoms with van der Waals surface area (Å²) in [5, 5.41) is 4.22. The topological polar surface area (TPSA) is 63.8 Å². The molecule has 0 aliphatic carbocycles. The fraction of sp³-hybridized carbons (Fsp3) is 0.385. The molecule has 4 nitrogen and oxygen atoms in total. The van der Waals surface area contributed by atoms with Crippen LogP contribution in [0, 0.1) is 0 Å². The molecule has 0 aliphatic rings. The van der Waals surface area contributed by atoms with E-state index in [0.29, 0.717) is 5.92 Å². The highest BCUT2D eigenvalue weighted by molar-refractivity contribution is 7.09. The van der Waals surface area contributed by atoms with Crippen molar-refractivity contribution in [3.63, 3.8) is 0 Å². The van der Waals surface area contributed by atoms with Crippen LogP contribution < -0.4 is 11.1 Å². The molecule has 0 aliphatic heterocycles. The minimum absolute atomic E-state index is 0.193. The number of rotatable bonds is 4. The Bertz CT molecular complexity index is 504. The van der Waals surface area contributed by atoms with Crippen molar-refractivity contribution in [1.29, 1.82) is 0 Å². The summed E-state index contributed by atoms with van der Waals surface area (Å²) in [5.41, 5.74) is 7.64. The van der Waals surface area contributed by atoms with Crippen molar-refractivity contribution in [2.24, 2.45) is 0 Å². The summed E-state index contributed by atoms with van der Waals surface area (Å²) in [5.74, 6) is 1.26. The molecule has 0 saturated heterocycles. The molecule has 2 aromatic rings. The Kier molecular flexibility index (Phi) is 3.81. The van der Waals surface area contributed by atoms with Gasteiger partial charge in [0.05, 0.1) is 6.04 Å². The van der Waals surface area contributed by atoms with Crippen LogP contribution >= 0.6 is 11.5 Å². The molecule has 2 rings (SSSR count). The molecule has 0 saturated carbocycles. The monoisotopic (exact) mass is 262 g/mol. The van der Waals surface area contributed by atoms with E-state index < -0.39 is 0 Å². The highest BCUT2D eigenvalue weighted by Gasteiger charge is 2.10. The Morgan fingerprint density at radius 3 is 2.39 bits per heavy atom. The van der Waals surface area contributed by atoms with Crippen molar-refractivity contribution in [2.45, 2.75) is 32.7 Å². The van der Waals surface area contributed by atoms with E-state index in [9.17, 15) is 0 Å². The van der Waals surface area contributed by atoms with E-state index in [0.717, 1.165) is 16.6 Å². The van der Waals surface area contributed by atoms with Crippen LogP contribution in [0.25, 0.3) is 0 Å².